The predicted octanol–water partition coefficient (Wildman–Crippen LogP) is 1.24. The van der Waals surface area contributed by atoms with Gasteiger partial charge in [-0.25, -0.2) is 4.68 Å². The molecule has 0 aliphatic rings. The lowest BCUT2D eigenvalue weighted by Gasteiger charge is -2.04. The van der Waals surface area contributed by atoms with E-state index < -0.39 is 4.92 Å². The van der Waals surface area contributed by atoms with Crippen LogP contribution >= 0.6 is 0 Å². The quantitative estimate of drug-likeness (QED) is 0.634. The fourth-order valence-electron chi connectivity index (χ4n) is 1.65. The molecule has 0 aliphatic heterocycles. The average Bonchev–Trinajstić information content (AvgIpc) is 2.84. The van der Waals surface area contributed by atoms with E-state index in [9.17, 15) is 10.1 Å². The monoisotopic (exact) mass is 248 g/mol. The van der Waals surface area contributed by atoms with Crippen molar-refractivity contribution in [2.45, 2.75) is 13.0 Å². The largest absolute Gasteiger partial charge is 0.396 e. The minimum Gasteiger partial charge on any atom is -0.396 e. The van der Waals surface area contributed by atoms with Gasteiger partial charge in [0.25, 0.3) is 5.69 Å². The van der Waals surface area contributed by atoms with E-state index in [1.165, 1.54) is 12.1 Å². The summed E-state index contributed by atoms with van der Waals surface area (Å²) in [7, 11) is 0. The minimum atomic E-state index is -0.439. The predicted molar refractivity (Wildman–Crippen MR) is 63.8 cm³/mol. The first-order valence-electron chi connectivity index (χ1n) is 5.46. The number of aryl methyl sites for hydroxylation is 1. The molecule has 18 heavy (non-hydrogen) atoms. The molecule has 0 saturated carbocycles. The van der Waals surface area contributed by atoms with Crippen LogP contribution in [-0.2, 0) is 6.54 Å². The zero-order chi connectivity index (χ0) is 13.0. The Labute approximate surface area is 103 Å². The highest BCUT2D eigenvalue weighted by molar-refractivity contribution is 5.61. The number of aromatic nitrogens is 3. The van der Waals surface area contributed by atoms with Crippen molar-refractivity contribution in [3.05, 3.63) is 40.6 Å². The average molecular weight is 248 g/mol. The number of aliphatic hydroxyl groups excluding tert-OH is 1. The Morgan fingerprint density at radius 2 is 2.28 bits per heavy atom. The lowest BCUT2D eigenvalue weighted by molar-refractivity contribution is -0.384. The summed E-state index contributed by atoms with van der Waals surface area (Å²) in [6, 6.07) is 6.30. The Morgan fingerprint density at radius 3 is 3.00 bits per heavy atom. The molecule has 2 rings (SSSR count). The molecule has 7 nitrogen and oxygen atoms in total. The van der Waals surface area contributed by atoms with Crippen LogP contribution in [0.25, 0.3) is 11.3 Å². The summed E-state index contributed by atoms with van der Waals surface area (Å²) < 4.78 is 1.62. The molecular weight excluding hydrogens is 236 g/mol. The molecule has 7 heteroatoms. The van der Waals surface area contributed by atoms with Crippen molar-refractivity contribution in [3.63, 3.8) is 0 Å². The van der Waals surface area contributed by atoms with E-state index in [4.69, 9.17) is 5.11 Å². The van der Waals surface area contributed by atoms with Crippen LogP contribution in [0, 0.1) is 10.1 Å². The normalized spacial score (nSPS) is 10.5. The van der Waals surface area contributed by atoms with Crippen LogP contribution in [0.3, 0.4) is 0 Å². The van der Waals surface area contributed by atoms with Crippen LogP contribution < -0.4 is 0 Å². The Morgan fingerprint density at radius 1 is 1.44 bits per heavy atom. The number of nitro groups is 1. The van der Waals surface area contributed by atoms with Gasteiger partial charge >= 0.3 is 0 Å². The van der Waals surface area contributed by atoms with E-state index in [0.717, 1.165) is 0 Å². The maximum atomic E-state index is 10.7. The van der Waals surface area contributed by atoms with Gasteiger partial charge in [0.15, 0.2) is 0 Å². The second-order valence-corrected chi connectivity index (χ2v) is 3.73. The third-order valence-electron chi connectivity index (χ3n) is 2.50. The van der Waals surface area contributed by atoms with Gasteiger partial charge < -0.3 is 5.11 Å². The van der Waals surface area contributed by atoms with Gasteiger partial charge in [0.05, 0.1) is 16.8 Å². The summed E-state index contributed by atoms with van der Waals surface area (Å²) >= 11 is 0. The van der Waals surface area contributed by atoms with Crippen molar-refractivity contribution < 1.29 is 10.0 Å². The van der Waals surface area contributed by atoms with E-state index in [2.05, 4.69) is 10.3 Å². The van der Waals surface area contributed by atoms with Gasteiger partial charge in [0.2, 0.25) is 0 Å². The maximum absolute atomic E-state index is 10.7. The van der Waals surface area contributed by atoms with Crippen molar-refractivity contribution in [1.29, 1.82) is 0 Å². The molecule has 1 aromatic heterocycles. The topological polar surface area (TPSA) is 94.1 Å². The first-order chi connectivity index (χ1) is 8.72. The second-order valence-electron chi connectivity index (χ2n) is 3.73. The zero-order valence-electron chi connectivity index (χ0n) is 9.56. The van der Waals surface area contributed by atoms with Crippen LogP contribution in [0.4, 0.5) is 5.69 Å². The summed E-state index contributed by atoms with van der Waals surface area (Å²) in [4.78, 5) is 10.3. The molecule has 0 spiro atoms. The molecule has 1 aromatic carbocycles. The molecule has 0 fully saturated rings. The molecule has 0 amide bonds. The Kier molecular flexibility index (Phi) is 3.63. The maximum Gasteiger partial charge on any atom is 0.270 e. The standard InChI is InChI=1S/C11H12N4O3/c16-6-2-5-14-11(8-12-13-14)9-3-1-4-10(7-9)15(17)18/h1,3-4,7-8,16H,2,5-6H2. The molecule has 94 valence electrons. The van der Waals surface area contributed by atoms with Gasteiger partial charge in [-0.3, -0.25) is 10.1 Å². The lowest BCUT2D eigenvalue weighted by Crippen LogP contribution is -2.04. The molecule has 0 aliphatic carbocycles. The van der Waals surface area contributed by atoms with E-state index in [1.54, 1.807) is 23.0 Å². The zero-order valence-corrected chi connectivity index (χ0v) is 9.56. The van der Waals surface area contributed by atoms with E-state index in [1.807, 2.05) is 0 Å². The van der Waals surface area contributed by atoms with Crippen molar-refractivity contribution in [3.8, 4) is 11.3 Å². The van der Waals surface area contributed by atoms with Gasteiger partial charge in [0.1, 0.15) is 0 Å². The molecule has 0 radical (unpaired) electrons. The van der Waals surface area contributed by atoms with Gasteiger partial charge in [-0.2, -0.15) is 0 Å². The third-order valence-corrected chi connectivity index (χ3v) is 2.50. The van der Waals surface area contributed by atoms with Gasteiger partial charge in [-0.15, -0.1) is 5.10 Å². The summed E-state index contributed by atoms with van der Waals surface area (Å²) in [5.74, 6) is 0. The first kappa shape index (κ1) is 12.2. The molecule has 0 saturated heterocycles. The number of hydrogen-bond acceptors (Lipinski definition) is 5. The highest BCUT2D eigenvalue weighted by Crippen LogP contribution is 2.22. The summed E-state index contributed by atoms with van der Waals surface area (Å²) in [5, 5.41) is 27.2. The van der Waals surface area contributed by atoms with Crippen LogP contribution in [-0.4, -0.2) is 31.6 Å². The second kappa shape index (κ2) is 5.37. The van der Waals surface area contributed by atoms with Crippen LogP contribution in [0.5, 0.6) is 0 Å². The molecule has 2 aromatic rings. The van der Waals surface area contributed by atoms with Crippen LogP contribution in [0.2, 0.25) is 0 Å². The Bertz CT molecular complexity index is 553. The van der Waals surface area contributed by atoms with E-state index in [-0.39, 0.29) is 12.3 Å². The van der Waals surface area contributed by atoms with E-state index in [0.29, 0.717) is 24.2 Å². The molecule has 0 unspecified atom stereocenters. The smallest absolute Gasteiger partial charge is 0.270 e. The number of nitrogens with zero attached hydrogens (tertiary/aromatic N) is 4. The van der Waals surface area contributed by atoms with Crippen molar-refractivity contribution in [1.82, 2.24) is 15.0 Å². The van der Waals surface area contributed by atoms with Gasteiger partial charge in [0, 0.05) is 30.8 Å². The summed E-state index contributed by atoms with van der Waals surface area (Å²) in [5.41, 5.74) is 1.42. The highest BCUT2D eigenvalue weighted by Gasteiger charge is 2.11. The van der Waals surface area contributed by atoms with Gasteiger partial charge in [-0.05, 0) is 6.42 Å². The third kappa shape index (κ3) is 2.51. The summed E-state index contributed by atoms with van der Waals surface area (Å²) in [6.45, 7) is 0.586. The van der Waals surface area contributed by atoms with Gasteiger partial charge in [-0.1, -0.05) is 17.3 Å². The van der Waals surface area contributed by atoms with Crippen molar-refractivity contribution >= 4 is 5.69 Å². The molecule has 0 atom stereocenters. The van der Waals surface area contributed by atoms with Crippen molar-refractivity contribution in [2.75, 3.05) is 6.61 Å². The SMILES string of the molecule is O=[N+]([O-])c1cccc(-c2cnnn2CCCO)c1. The van der Waals surface area contributed by atoms with E-state index >= 15 is 0 Å². The fraction of sp³-hybridized carbons (Fsp3) is 0.273. The first-order valence-corrected chi connectivity index (χ1v) is 5.46. The lowest BCUT2D eigenvalue weighted by atomic mass is 10.1. The number of benzene rings is 1. The summed E-state index contributed by atoms with van der Waals surface area (Å²) in [6.07, 6.45) is 2.11. The number of rotatable bonds is 5. The molecule has 1 N–H and O–H groups in total. The van der Waals surface area contributed by atoms with Crippen molar-refractivity contribution in [2.24, 2.45) is 0 Å². The number of non-ortho nitro benzene ring substituents is 1. The molecule has 0 bridgehead atoms. The molecule has 1 heterocycles. The molecular formula is C11H12N4O3. The number of aliphatic hydroxyl groups is 1. The van der Waals surface area contributed by atoms with Crippen LogP contribution in [0.1, 0.15) is 6.42 Å². The Hall–Kier alpha value is -2.28. The minimum absolute atomic E-state index is 0.0300. The number of nitro benzene ring substituents is 1. The fourth-order valence-corrected chi connectivity index (χ4v) is 1.65. The highest BCUT2D eigenvalue weighted by atomic mass is 16.6. The van der Waals surface area contributed by atoms with Crippen LogP contribution in [0.15, 0.2) is 30.5 Å². The number of hydrogen-bond donors (Lipinski definition) is 1. The Balaban J connectivity index is 2.33.